The Morgan fingerprint density at radius 2 is 2.04 bits per heavy atom. The minimum absolute atomic E-state index is 0. The van der Waals surface area contributed by atoms with Gasteiger partial charge in [-0.25, -0.2) is 9.98 Å². The maximum atomic E-state index is 9.46. The van der Waals surface area contributed by atoms with Gasteiger partial charge in [0.1, 0.15) is 0 Å². The smallest absolute Gasteiger partial charge is 0.212 e. The molecule has 0 radical (unpaired) electrons. The van der Waals surface area contributed by atoms with E-state index in [2.05, 4.69) is 27.5 Å². The maximum Gasteiger partial charge on any atom is 0.212 e. The number of rotatable bonds is 8. The molecule has 1 fully saturated rings. The van der Waals surface area contributed by atoms with Crippen LogP contribution in [0.2, 0.25) is 0 Å². The Morgan fingerprint density at radius 3 is 2.62 bits per heavy atom. The molecule has 148 valence electrons. The van der Waals surface area contributed by atoms with Crippen molar-refractivity contribution in [2.24, 2.45) is 10.4 Å². The maximum absolute atomic E-state index is 9.46. The Morgan fingerprint density at radius 1 is 1.27 bits per heavy atom. The predicted molar refractivity (Wildman–Crippen MR) is 116 cm³/mol. The molecule has 1 aliphatic carbocycles. The zero-order valence-corrected chi connectivity index (χ0v) is 18.3. The van der Waals surface area contributed by atoms with Gasteiger partial charge in [0, 0.05) is 32.0 Å². The van der Waals surface area contributed by atoms with Crippen LogP contribution < -0.4 is 15.4 Å². The third-order valence-corrected chi connectivity index (χ3v) is 4.96. The summed E-state index contributed by atoms with van der Waals surface area (Å²) in [4.78, 5) is 8.88. The average molecular weight is 476 g/mol. The number of aliphatic hydroxyl groups is 1. The molecule has 0 atom stereocenters. The van der Waals surface area contributed by atoms with Crippen LogP contribution in [-0.2, 0) is 6.54 Å². The highest BCUT2D eigenvalue weighted by Crippen LogP contribution is 2.38. The van der Waals surface area contributed by atoms with Crippen LogP contribution in [0.25, 0.3) is 0 Å². The molecule has 1 heterocycles. The molecule has 2 rings (SSSR count). The summed E-state index contributed by atoms with van der Waals surface area (Å²) in [6.07, 6.45) is 8.85. The molecule has 0 saturated heterocycles. The largest absolute Gasteiger partial charge is 0.481 e. The van der Waals surface area contributed by atoms with Gasteiger partial charge >= 0.3 is 0 Å². The second-order valence-electron chi connectivity index (χ2n) is 6.79. The van der Waals surface area contributed by atoms with Gasteiger partial charge in [-0.2, -0.15) is 0 Å². The molecule has 0 aliphatic heterocycles. The molecule has 1 aromatic rings. The first kappa shape index (κ1) is 23.0. The predicted octanol–water partition coefficient (Wildman–Crippen LogP) is 3.10. The van der Waals surface area contributed by atoms with Gasteiger partial charge in [0.25, 0.3) is 0 Å². The summed E-state index contributed by atoms with van der Waals surface area (Å²) < 4.78 is 5.08. The van der Waals surface area contributed by atoms with E-state index in [1.165, 1.54) is 32.1 Å². The number of halogens is 1. The molecule has 7 heteroatoms. The second-order valence-corrected chi connectivity index (χ2v) is 6.79. The lowest BCUT2D eigenvalue weighted by Crippen LogP contribution is -2.44. The summed E-state index contributed by atoms with van der Waals surface area (Å²) in [5, 5.41) is 16.3. The Kier molecular flexibility index (Phi) is 10.9. The molecule has 0 aromatic carbocycles. The van der Waals surface area contributed by atoms with Gasteiger partial charge in [-0.3, -0.25) is 0 Å². The highest BCUT2D eigenvalue weighted by molar-refractivity contribution is 14.0. The first-order valence-electron chi connectivity index (χ1n) is 9.33. The van der Waals surface area contributed by atoms with Crippen LogP contribution in [-0.4, -0.2) is 42.9 Å². The SMILES string of the molecule is CCNC(=NCc1ccc(OC)nc1)NCC1(CCO)CCCCC1.I. The van der Waals surface area contributed by atoms with Crippen LogP contribution in [0.4, 0.5) is 0 Å². The summed E-state index contributed by atoms with van der Waals surface area (Å²) >= 11 is 0. The number of aliphatic imine (C=N–C) groups is 1. The number of methoxy groups -OCH3 is 1. The van der Waals surface area contributed by atoms with E-state index in [4.69, 9.17) is 4.74 Å². The molecule has 0 unspecified atom stereocenters. The van der Waals surface area contributed by atoms with E-state index in [1.807, 2.05) is 12.1 Å². The van der Waals surface area contributed by atoms with Gasteiger partial charge in [-0.05, 0) is 37.2 Å². The Balaban J connectivity index is 0.00000338. The molecule has 3 N–H and O–H groups in total. The number of aromatic nitrogens is 1. The monoisotopic (exact) mass is 476 g/mol. The van der Waals surface area contributed by atoms with Crippen LogP contribution in [0.5, 0.6) is 5.88 Å². The zero-order chi connectivity index (χ0) is 18.0. The summed E-state index contributed by atoms with van der Waals surface area (Å²) in [6.45, 7) is 4.57. The molecule has 0 bridgehead atoms. The zero-order valence-electron chi connectivity index (χ0n) is 16.0. The average Bonchev–Trinajstić information content (AvgIpc) is 2.65. The van der Waals surface area contributed by atoms with Crippen molar-refractivity contribution < 1.29 is 9.84 Å². The van der Waals surface area contributed by atoms with Crippen molar-refractivity contribution in [3.8, 4) is 5.88 Å². The van der Waals surface area contributed by atoms with Crippen molar-refractivity contribution in [2.45, 2.75) is 52.0 Å². The molecule has 1 aromatic heterocycles. The lowest BCUT2D eigenvalue weighted by molar-refractivity contribution is 0.131. The van der Waals surface area contributed by atoms with Crippen molar-refractivity contribution >= 4 is 29.9 Å². The standard InChI is InChI=1S/C19H32N4O2.HI/c1-3-20-18(22-14-16-7-8-17(25-2)21-13-16)23-15-19(11-12-24)9-5-4-6-10-19;/h7-8,13,24H,3-6,9-12,14-15H2,1-2H3,(H2,20,22,23);1H. The number of hydrogen-bond donors (Lipinski definition) is 3. The van der Waals surface area contributed by atoms with E-state index in [0.717, 1.165) is 31.0 Å². The fourth-order valence-electron chi connectivity index (χ4n) is 3.46. The van der Waals surface area contributed by atoms with Crippen LogP contribution in [0.15, 0.2) is 23.3 Å². The minimum atomic E-state index is 0. The van der Waals surface area contributed by atoms with Crippen LogP contribution in [0, 0.1) is 5.41 Å². The van der Waals surface area contributed by atoms with Crippen LogP contribution in [0.3, 0.4) is 0 Å². The fraction of sp³-hybridized carbons (Fsp3) is 0.684. The number of nitrogens with zero attached hydrogens (tertiary/aromatic N) is 2. The van der Waals surface area contributed by atoms with Gasteiger partial charge in [-0.15, -0.1) is 24.0 Å². The summed E-state index contributed by atoms with van der Waals surface area (Å²) in [5.74, 6) is 1.43. The lowest BCUT2D eigenvalue weighted by atomic mass is 9.72. The van der Waals surface area contributed by atoms with Gasteiger partial charge in [0.2, 0.25) is 5.88 Å². The van der Waals surface area contributed by atoms with Gasteiger partial charge in [0.15, 0.2) is 5.96 Å². The topological polar surface area (TPSA) is 78.8 Å². The first-order valence-corrected chi connectivity index (χ1v) is 9.33. The number of nitrogens with one attached hydrogen (secondary N) is 2. The quantitative estimate of drug-likeness (QED) is 0.305. The van der Waals surface area contributed by atoms with Crippen molar-refractivity contribution in [1.82, 2.24) is 15.6 Å². The minimum Gasteiger partial charge on any atom is -0.481 e. The molecule has 1 aliphatic rings. The molecular weight excluding hydrogens is 443 g/mol. The second kappa shape index (κ2) is 12.3. The molecule has 0 spiro atoms. The third kappa shape index (κ3) is 7.26. The van der Waals surface area contributed by atoms with Gasteiger partial charge in [0.05, 0.1) is 13.7 Å². The van der Waals surface area contributed by atoms with E-state index in [9.17, 15) is 5.11 Å². The summed E-state index contributed by atoms with van der Waals surface area (Å²) in [5.41, 5.74) is 1.24. The van der Waals surface area contributed by atoms with E-state index >= 15 is 0 Å². The number of ether oxygens (including phenoxy) is 1. The molecule has 1 saturated carbocycles. The van der Waals surface area contributed by atoms with Crippen molar-refractivity contribution in [3.05, 3.63) is 23.9 Å². The number of hydrogen-bond acceptors (Lipinski definition) is 4. The molecule has 26 heavy (non-hydrogen) atoms. The van der Waals surface area contributed by atoms with Crippen molar-refractivity contribution in [2.75, 3.05) is 26.8 Å². The van der Waals surface area contributed by atoms with E-state index in [1.54, 1.807) is 13.3 Å². The van der Waals surface area contributed by atoms with Gasteiger partial charge < -0.3 is 20.5 Å². The van der Waals surface area contributed by atoms with Crippen LogP contribution in [0.1, 0.15) is 51.0 Å². The highest BCUT2D eigenvalue weighted by Gasteiger charge is 2.31. The number of guanidine groups is 1. The fourth-order valence-corrected chi connectivity index (χ4v) is 3.46. The van der Waals surface area contributed by atoms with E-state index < -0.39 is 0 Å². The third-order valence-electron chi connectivity index (χ3n) is 4.96. The van der Waals surface area contributed by atoms with Crippen molar-refractivity contribution in [3.63, 3.8) is 0 Å². The van der Waals surface area contributed by atoms with E-state index in [-0.39, 0.29) is 36.0 Å². The van der Waals surface area contributed by atoms with Crippen molar-refractivity contribution in [1.29, 1.82) is 0 Å². The number of aliphatic hydroxyl groups excluding tert-OH is 1. The molecular formula is C19H33IN4O2. The Hall–Kier alpha value is -1.09. The normalized spacial score (nSPS) is 16.5. The van der Waals surface area contributed by atoms with Crippen LogP contribution >= 0.6 is 24.0 Å². The highest BCUT2D eigenvalue weighted by atomic mass is 127. The van der Waals surface area contributed by atoms with Gasteiger partial charge in [-0.1, -0.05) is 25.3 Å². The lowest BCUT2D eigenvalue weighted by Gasteiger charge is -2.37. The molecule has 6 nitrogen and oxygen atoms in total. The molecule has 0 amide bonds. The number of pyridine rings is 1. The summed E-state index contributed by atoms with van der Waals surface area (Å²) in [7, 11) is 1.61. The summed E-state index contributed by atoms with van der Waals surface area (Å²) in [6, 6.07) is 3.83. The first-order chi connectivity index (χ1) is 12.2. The Bertz CT molecular complexity index is 525. The Labute approximate surface area is 174 Å². The van der Waals surface area contributed by atoms with E-state index in [0.29, 0.717) is 12.4 Å².